The average Bonchev–Trinajstić information content (AvgIpc) is 2.73. The molecule has 0 bridgehead atoms. The molecule has 4 heteroatoms. The number of hydrogen-bond acceptors (Lipinski definition) is 2. The molecule has 0 spiro atoms. The second-order valence-electron chi connectivity index (χ2n) is 3.67. The van der Waals surface area contributed by atoms with E-state index < -0.39 is 0 Å². The van der Waals surface area contributed by atoms with Crippen molar-refractivity contribution >= 4 is 17.4 Å². The zero-order chi connectivity index (χ0) is 11.4. The fraction of sp³-hybridized carbons (Fsp3) is 0.250. The van der Waals surface area contributed by atoms with Gasteiger partial charge in [-0.05, 0) is 30.2 Å². The summed E-state index contributed by atoms with van der Waals surface area (Å²) in [6, 6.07) is 5.68. The summed E-state index contributed by atoms with van der Waals surface area (Å²) in [5.41, 5.74) is 3.24. The van der Waals surface area contributed by atoms with Crippen LogP contribution in [0.1, 0.15) is 5.56 Å². The highest BCUT2D eigenvalue weighted by atomic mass is 16.2. The first kappa shape index (κ1) is 10.5. The molecule has 0 unspecified atom stereocenters. The van der Waals surface area contributed by atoms with Crippen molar-refractivity contribution in [2.45, 2.75) is 6.42 Å². The molecule has 3 N–H and O–H groups in total. The van der Waals surface area contributed by atoms with Crippen molar-refractivity contribution < 1.29 is 4.79 Å². The van der Waals surface area contributed by atoms with Gasteiger partial charge in [0, 0.05) is 24.5 Å². The van der Waals surface area contributed by atoms with Crippen molar-refractivity contribution in [3.8, 4) is 0 Å². The second kappa shape index (κ2) is 4.70. The van der Waals surface area contributed by atoms with E-state index in [-0.39, 0.29) is 6.03 Å². The first-order valence-corrected chi connectivity index (χ1v) is 5.32. The summed E-state index contributed by atoms with van der Waals surface area (Å²) in [6.07, 6.45) is 2.66. The molecular formula is C12H15N3O. The largest absolute Gasteiger partial charge is 0.384 e. The Kier molecular flexibility index (Phi) is 3.10. The van der Waals surface area contributed by atoms with E-state index in [9.17, 15) is 4.79 Å². The summed E-state index contributed by atoms with van der Waals surface area (Å²) >= 11 is 0. The number of nitrogens with one attached hydrogen (secondary N) is 3. The van der Waals surface area contributed by atoms with E-state index in [0.29, 0.717) is 6.54 Å². The maximum absolute atomic E-state index is 11.4. The molecule has 0 fully saturated rings. The molecule has 1 aromatic rings. The Morgan fingerprint density at radius 1 is 1.56 bits per heavy atom. The van der Waals surface area contributed by atoms with Crippen LogP contribution in [0.5, 0.6) is 0 Å². The number of carbonyl (C=O) groups excluding carboxylic acids is 1. The quantitative estimate of drug-likeness (QED) is 0.678. The van der Waals surface area contributed by atoms with Crippen LogP contribution in [-0.2, 0) is 6.42 Å². The lowest BCUT2D eigenvalue weighted by molar-refractivity contribution is 0.253. The molecule has 0 atom stereocenters. The van der Waals surface area contributed by atoms with Crippen molar-refractivity contribution in [2.75, 3.05) is 23.7 Å². The highest BCUT2D eigenvalue weighted by Gasteiger charge is 2.10. The van der Waals surface area contributed by atoms with Gasteiger partial charge in [-0.3, -0.25) is 0 Å². The third-order valence-corrected chi connectivity index (χ3v) is 2.48. The van der Waals surface area contributed by atoms with E-state index >= 15 is 0 Å². The summed E-state index contributed by atoms with van der Waals surface area (Å²) in [5.74, 6) is 0. The molecular weight excluding hydrogens is 202 g/mol. The zero-order valence-corrected chi connectivity index (χ0v) is 9.05. The van der Waals surface area contributed by atoms with Crippen molar-refractivity contribution in [2.24, 2.45) is 0 Å². The predicted octanol–water partition coefficient (Wildman–Crippen LogP) is 1.96. The van der Waals surface area contributed by atoms with Gasteiger partial charge in [0.25, 0.3) is 0 Å². The smallest absolute Gasteiger partial charge is 0.319 e. The molecule has 0 aliphatic carbocycles. The van der Waals surface area contributed by atoms with Crippen LogP contribution < -0.4 is 16.0 Å². The van der Waals surface area contributed by atoms with Gasteiger partial charge in [-0.15, -0.1) is 6.58 Å². The maximum atomic E-state index is 11.4. The van der Waals surface area contributed by atoms with Crippen LogP contribution in [0.3, 0.4) is 0 Å². The standard InChI is InChI=1S/C12H15N3O/c1-2-6-14-12(16)15-10-3-4-11-9(8-10)5-7-13-11/h2-4,8,13H,1,5-7H2,(H2,14,15,16). The highest BCUT2D eigenvalue weighted by Crippen LogP contribution is 2.25. The van der Waals surface area contributed by atoms with Crippen molar-refractivity contribution in [1.82, 2.24) is 5.32 Å². The van der Waals surface area contributed by atoms with Crippen LogP contribution in [0.15, 0.2) is 30.9 Å². The summed E-state index contributed by atoms with van der Waals surface area (Å²) in [4.78, 5) is 11.4. The Balaban J connectivity index is 1.99. The number of fused-ring (bicyclic) bond motifs is 1. The number of amides is 2. The lowest BCUT2D eigenvalue weighted by Crippen LogP contribution is -2.28. The Labute approximate surface area is 94.7 Å². The van der Waals surface area contributed by atoms with Gasteiger partial charge >= 0.3 is 6.03 Å². The lowest BCUT2D eigenvalue weighted by Gasteiger charge is -2.07. The second-order valence-corrected chi connectivity index (χ2v) is 3.67. The molecule has 0 saturated heterocycles. The Morgan fingerprint density at radius 3 is 3.25 bits per heavy atom. The van der Waals surface area contributed by atoms with Crippen LogP contribution in [0.25, 0.3) is 0 Å². The van der Waals surface area contributed by atoms with E-state index in [0.717, 1.165) is 24.3 Å². The van der Waals surface area contributed by atoms with Gasteiger partial charge in [0.05, 0.1) is 0 Å². The minimum Gasteiger partial charge on any atom is -0.384 e. The lowest BCUT2D eigenvalue weighted by atomic mass is 10.1. The average molecular weight is 217 g/mol. The molecule has 1 aromatic carbocycles. The van der Waals surface area contributed by atoms with Crippen molar-refractivity contribution in [3.05, 3.63) is 36.4 Å². The fourth-order valence-corrected chi connectivity index (χ4v) is 1.72. The van der Waals surface area contributed by atoms with Gasteiger partial charge in [-0.1, -0.05) is 6.08 Å². The van der Waals surface area contributed by atoms with Crippen LogP contribution in [0, 0.1) is 0 Å². The number of benzene rings is 1. The first-order valence-electron chi connectivity index (χ1n) is 5.32. The number of anilines is 2. The first-order chi connectivity index (χ1) is 7.79. The van der Waals surface area contributed by atoms with Crippen molar-refractivity contribution in [1.29, 1.82) is 0 Å². The fourth-order valence-electron chi connectivity index (χ4n) is 1.72. The van der Waals surface area contributed by atoms with E-state index in [4.69, 9.17) is 0 Å². The summed E-state index contributed by atoms with van der Waals surface area (Å²) < 4.78 is 0. The summed E-state index contributed by atoms with van der Waals surface area (Å²) in [5, 5.41) is 8.72. The maximum Gasteiger partial charge on any atom is 0.319 e. The normalized spacial score (nSPS) is 12.5. The molecule has 2 rings (SSSR count). The molecule has 0 radical (unpaired) electrons. The molecule has 0 saturated carbocycles. The van der Waals surface area contributed by atoms with E-state index in [1.807, 2.05) is 18.2 Å². The van der Waals surface area contributed by atoms with Gasteiger partial charge in [0.1, 0.15) is 0 Å². The van der Waals surface area contributed by atoms with Gasteiger partial charge in [0.15, 0.2) is 0 Å². The molecule has 16 heavy (non-hydrogen) atoms. The Hall–Kier alpha value is -1.97. The third-order valence-electron chi connectivity index (χ3n) is 2.48. The molecule has 2 amide bonds. The molecule has 1 aliphatic rings. The molecule has 0 aromatic heterocycles. The zero-order valence-electron chi connectivity index (χ0n) is 9.05. The van der Waals surface area contributed by atoms with Crippen LogP contribution >= 0.6 is 0 Å². The topological polar surface area (TPSA) is 53.2 Å². The summed E-state index contributed by atoms with van der Waals surface area (Å²) in [6.45, 7) is 4.98. The van der Waals surface area contributed by atoms with Gasteiger partial charge in [-0.25, -0.2) is 4.79 Å². The van der Waals surface area contributed by atoms with E-state index in [1.54, 1.807) is 6.08 Å². The Morgan fingerprint density at radius 2 is 2.44 bits per heavy atom. The summed E-state index contributed by atoms with van der Waals surface area (Å²) in [7, 11) is 0. The molecule has 1 heterocycles. The van der Waals surface area contributed by atoms with Crippen LogP contribution in [0.2, 0.25) is 0 Å². The van der Waals surface area contributed by atoms with Gasteiger partial charge in [0.2, 0.25) is 0 Å². The number of hydrogen-bond donors (Lipinski definition) is 3. The van der Waals surface area contributed by atoms with Gasteiger partial charge in [-0.2, -0.15) is 0 Å². The SMILES string of the molecule is C=CCNC(=O)Nc1ccc2c(c1)CCN2. The monoisotopic (exact) mass is 217 g/mol. The highest BCUT2D eigenvalue weighted by molar-refractivity contribution is 5.89. The van der Waals surface area contributed by atoms with Crippen molar-refractivity contribution in [3.63, 3.8) is 0 Å². The number of urea groups is 1. The Bertz CT molecular complexity index is 415. The van der Waals surface area contributed by atoms with Gasteiger partial charge < -0.3 is 16.0 Å². The third kappa shape index (κ3) is 2.34. The number of carbonyl (C=O) groups is 1. The van der Waals surface area contributed by atoms with E-state index in [2.05, 4.69) is 22.5 Å². The molecule has 84 valence electrons. The minimum absolute atomic E-state index is 0.203. The molecule has 1 aliphatic heterocycles. The van der Waals surface area contributed by atoms with Crippen LogP contribution in [-0.4, -0.2) is 19.1 Å². The van der Waals surface area contributed by atoms with E-state index in [1.165, 1.54) is 5.56 Å². The van der Waals surface area contributed by atoms with Crippen LogP contribution in [0.4, 0.5) is 16.2 Å². The number of rotatable bonds is 3. The predicted molar refractivity (Wildman–Crippen MR) is 65.9 cm³/mol. The minimum atomic E-state index is -0.203. The molecule has 4 nitrogen and oxygen atoms in total.